The van der Waals surface area contributed by atoms with Crippen LogP contribution in [0.4, 0.5) is 5.69 Å². The number of hydrogen-bond acceptors (Lipinski definition) is 3. The summed E-state index contributed by atoms with van der Waals surface area (Å²) < 4.78 is 0. The lowest BCUT2D eigenvalue weighted by Crippen LogP contribution is -2.38. The van der Waals surface area contributed by atoms with Crippen molar-refractivity contribution in [3.8, 4) is 6.07 Å². The van der Waals surface area contributed by atoms with Crippen LogP contribution in [0.3, 0.4) is 0 Å². The molecular weight excluding hydrogens is 286 g/mol. The van der Waals surface area contributed by atoms with Crippen molar-refractivity contribution >= 4 is 11.6 Å². The number of anilines is 1. The fraction of sp³-hybridized carbons (Fsp3) is 0.579. The van der Waals surface area contributed by atoms with E-state index < -0.39 is 0 Å². The number of carbonyl (C=O) groups excluding carboxylic acids is 1. The van der Waals surface area contributed by atoms with Crippen molar-refractivity contribution in [2.24, 2.45) is 10.8 Å². The second-order valence-electron chi connectivity index (χ2n) is 8.36. The minimum Gasteiger partial charge on any atom is -0.325 e. The second-order valence-corrected chi connectivity index (χ2v) is 8.36. The largest absolute Gasteiger partial charge is 0.325 e. The van der Waals surface area contributed by atoms with Crippen molar-refractivity contribution in [2.45, 2.75) is 46.1 Å². The summed E-state index contributed by atoms with van der Waals surface area (Å²) in [5, 5.41) is 11.9. The van der Waals surface area contributed by atoms with E-state index in [1.165, 1.54) is 19.3 Å². The van der Waals surface area contributed by atoms with Crippen molar-refractivity contribution < 1.29 is 4.79 Å². The van der Waals surface area contributed by atoms with Crippen LogP contribution in [0.5, 0.6) is 0 Å². The van der Waals surface area contributed by atoms with Crippen LogP contribution in [-0.2, 0) is 4.79 Å². The van der Waals surface area contributed by atoms with Crippen molar-refractivity contribution in [1.82, 2.24) is 4.90 Å². The van der Waals surface area contributed by atoms with Gasteiger partial charge in [-0.2, -0.15) is 5.26 Å². The molecular formula is C19H25N3O. The molecule has 1 aromatic carbocycles. The van der Waals surface area contributed by atoms with Crippen LogP contribution in [0.15, 0.2) is 24.3 Å². The summed E-state index contributed by atoms with van der Waals surface area (Å²) in [6, 6.07) is 9.68. The predicted octanol–water partition coefficient (Wildman–Crippen LogP) is 3.40. The summed E-state index contributed by atoms with van der Waals surface area (Å²) in [6.07, 6.45) is 3.60. The third-order valence-corrected chi connectivity index (χ3v) is 5.15. The van der Waals surface area contributed by atoms with Crippen molar-refractivity contribution in [2.75, 3.05) is 18.4 Å². The Hall–Kier alpha value is -1.86. The Morgan fingerprint density at radius 2 is 2.17 bits per heavy atom. The number of likely N-dealkylation sites (tertiary alicyclic amines) is 1. The van der Waals surface area contributed by atoms with E-state index in [1.54, 1.807) is 18.2 Å². The van der Waals surface area contributed by atoms with Crippen LogP contribution in [0, 0.1) is 22.2 Å². The van der Waals surface area contributed by atoms with Crippen molar-refractivity contribution in [1.29, 1.82) is 5.26 Å². The molecule has 0 aromatic heterocycles. The minimum atomic E-state index is 0.00838. The summed E-state index contributed by atoms with van der Waals surface area (Å²) in [4.78, 5) is 14.7. The summed E-state index contributed by atoms with van der Waals surface area (Å²) in [7, 11) is 0. The first-order valence-electron chi connectivity index (χ1n) is 8.33. The van der Waals surface area contributed by atoms with E-state index in [1.807, 2.05) is 6.07 Å². The maximum atomic E-state index is 12.4. The lowest BCUT2D eigenvalue weighted by molar-refractivity contribution is -0.117. The first-order chi connectivity index (χ1) is 10.8. The highest BCUT2D eigenvalue weighted by molar-refractivity contribution is 5.92. The molecule has 1 saturated carbocycles. The van der Waals surface area contributed by atoms with Gasteiger partial charge in [-0.15, -0.1) is 0 Å². The zero-order chi connectivity index (χ0) is 16.7. The number of fused-ring (bicyclic) bond motifs is 2. The van der Waals surface area contributed by atoms with Gasteiger partial charge >= 0.3 is 0 Å². The van der Waals surface area contributed by atoms with Gasteiger partial charge in [-0.25, -0.2) is 0 Å². The summed E-state index contributed by atoms with van der Waals surface area (Å²) in [5.74, 6) is 0.00838. The quantitative estimate of drug-likeness (QED) is 0.931. The summed E-state index contributed by atoms with van der Waals surface area (Å²) >= 11 is 0. The molecule has 4 nitrogen and oxygen atoms in total. The SMILES string of the molecule is CC1(C)CC2CC(C)(CN2CC(=O)Nc2cccc(C#N)c2)C1. The smallest absolute Gasteiger partial charge is 0.238 e. The zero-order valence-electron chi connectivity index (χ0n) is 14.2. The van der Waals surface area contributed by atoms with Gasteiger partial charge < -0.3 is 5.32 Å². The molecule has 1 saturated heterocycles. The normalized spacial score (nSPS) is 29.0. The highest BCUT2D eigenvalue weighted by Crippen LogP contribution is 2.52. The number of amides is 1. The van der Waals surface area contributed by atoms with Gasteiger partial charge in [-0.3, -0.25) is 9.69 Å². The molecule has 2 aliphatic rings. The Balaban J connectivity index is 1.64. The molecule has 1 aromatic rings. The number of benzene rings is 1. The van der Waals surface area contributed by atoms with E-state index in [2.05, 4.69) is 37.1 Å². The average molecular weight is 311 g/mol. The Labute approximate surface area is 138 Å². The molecule has 2 unspecified atom stereocenters. The molecule has 2 fully saturated rings. The van der Waals surface area contributed by atoms with Crippen LogP contribution in [-0.4, -0.2) is 29.9 Å². The third-order valence-electron chi connectivity index (χ3n) is 5.15. The average Bonchev–Trinajstić information content (AvgIpc) is 2.67. The molecule has 2 atom stereocenters. The third kappa shape index (κ3) is 3.56. The number of nitrogens with one attached hydrogen (secondary N) is 1. The molecule has 1 N–H and O–H groups in total. The number of rotatable bonds is 3. The molecule has 122 valence electrons. The van der Waals surface area contributed by atoms with E-state index in [4.69, 9.17) is 5.26 Å². The van der Waals surface area contributed by atoms with Crippen molar-refractivity contribution in [3.05, 3.63) is 29.8 Å². The van der Waals surface area contributed by atoms with Gasteiger partial charge in [0.15, 0.2) is 0 Å². The molecule has 2 bridgehead atoms. The molecule has 1 amide bonds. The molecule has 3 rings (SSSR count). The minimum absolute atomic E-state index is 0.00838. The van der Waals surface area contributed by atoms with Gasteiger partial charge in [0.25, 0.3) is 0 Å². The summed E-state index contributed by atoms with van der Waals surface area (Å²) in [5.41, 5.74) is 1.97. The monoisotopic (exact) mass is 311 g/mol. The second kappa shape index (κ2) is 5.65. The highest BCUT2D eigenvalue weighted by atomic mass is 16.2. The van der Waals surface area contributed by atoms with Crippen LogP contribution in [0.25, 0.3) is 0 Å². The lowest BCUT2D eigenvalue weighted by atomic mass is 9.65. The molecule has 1 aliphatic carbocycles. The Morgan fingerprint density at radius 1 is 1.39 bits per heavy atom. The molecule has 23 heavy (non-hydrogen) atoms. The van der Waals surface area contributed by atoms with E-state index in [9.17, 15) is 4.79 Å². The number of carbonyl (C=O) groups is 1. The van der Waals surface area contributed by atoms with Crippen LogP contribution < -0.4 is 5.32 Å². The zero-order valence-corrected chi connectivity index (χ0v) is 14.2. The van der Waals surface area contributed by atoms with Gasteiger partial charge in [-0.05, 0) is 48.3 Å². The Morgan fingerprint density at radius 3 is 2.91 bits per heavy atom. The number of hydrogen-bond donors (Lipinski definition) is 1. The fourth-order valence-electron chi connectivity index (χ4n) is 4.81. The van der Waals surface area contributed by atoms with E-state index in [0.717, 1.165) is 6.54 Å². The van der Waals surface area contributed by atoms with Gasteiger partial charge in [-0.1, -0.05) is 26.8 Å². The van der Waals surface area contributed by atoms with Crippen molar-refractivity contribution in [3.63, 3.8) is 0 Å². The Kier molecular flexibility index (Phi) is 3.93. The van der Waals surface area contributed by atoms with Gasteiger partial charge in [0.2, 0.25) is 5.91 Å². The number of nitrogens with zero attached hydrogens (tertiary/aromatic N) is 2. The van der Waals surface area contributed by atoms with Gasteiger partial charge in [0, 0.05) is 18.3 Å². The standard InChI is InChI=1S/C19H25N3O/c1-18(2)8-16-9-19(3,12-18)13-22(16)11-17(23)21-15-6-4-5-14(7-15)10-20/h4-7,16H,8-9,11-13H2,1-3H3,(H,21,23). The molecule has 1 heterocycles. The van der Waals surface area contributed by atoms with Crippen LogP contribution in [0.1, 0.15) is 45.6 Å². The van der Waals surface area contributed by atoms with E-state index >= 15 is 0 Å². The van der Waals surface area contributed by atoms with Gasteiger partial charge in [0.1, 0.15) is 0 Å². The van der Waals surface area contributed by atoms with Gasteiger partial charge in [0.05, 0.1) is 18.2 Å². The highest BCUT2D eigenvalue weighted by Gasteiger charge is 2.49. The fourth-order valence-corrected chi connectivity index (χ4v) is 4.81. The van der Waals surface area contributed by atoms with Crippen LogP contribution >= 0.6 is 0 Å². The first-order valence-corrected chi connectivity index (χ1v) is 8.33. The van der Waals surface area contributed by atoms with E-state index in [-0.39, 0.29) is 5.91 Å². The van der Waals surface area contributed by atoms with Crippen LogP contribution in [0.2, 0.25) is 0 Å². The molecule has 0 spiro atoms. The summed E-state index contributed by atoms with van der Waals surface area (Å²) in [6.45, 7) is 8.48. The maximum absolute atomic E-state index is 12.4. The molecule has 1 aliphatic heterocycles. The van der Waals surface area contributed by atoms with E-state index in [0.29, 0.717) is 34.7 Å². The lowest BCUT2D eigenvalue weighted by Gasteiger charge is -2.39. The predicted molar refractivity (Wildman–Crippen MR) is 90.9 cm³/mol. The molecule has 0 radical (unpaired) electrons. The first kappa shape index (κ1) is 16.0. The number of nitriles is 1. The molecule has 4 heteroatoms. The topological polar surface area (TPSA) is 56.1 Å². The maximum Gasteiger partial charge on any atom is 0.238 e. The Bertz CT molecular complexity index is 661.